The van der Waals surface area contributed by atoms with Gasteiger partial charge in [0.1, 0.15) is 23.3 Å². The lowest BCUT2D eigenvalue weighted by molar-refractivity contribution is 0.0126. The fourth-order valence-electron chi connectivity index (χ4n) is 3.77. The molecule has 1 amide bonds. The minimum Gasteiger partial charge on any atom is -0.490 e. The number of fused-ring (bicyclic) bond motifs is 1. The number of imidazole rings is 1. The second-order valence-corrected chi connectivity index (χ2v) is 9.62. The lowest BCUT2D eigenvalue weighted by Crippen LogP contribution is -2.44. The molecule has 1 aliphatic rings. The summed E-state index contributed by atoms with van der Waals surface area (Å²) in [6.07, 6.45) is 3.26. The van der Waals surface area contributed by atoms with Gasteiger partial charge in [-0.2, -0.15) is 0 Å². The van der Waals surface area contributed by atoms with Gasteiger partial charge in [-0.15, -0.1) is 0 Å². The summed E-state index contributed by atoms with van der Waals surface area (Å²) >= 11 is 1.52. The Kier molecular flexibility index (Phi) is 6.33. The molecule has 170 valence electrons. The zero-order chi connectivity index (χ0) is 22.9. The first-order valence-electron chi connectivity index (χ1n) is 10.7. The Bertz CT molecular complexity index is 1100. The van der Waals surface area contributed by atoms with E-state index in [1.54, 1.807) is 11.0 Å². The molecule has 1 aliphatic heterocycles. The highest BCUT2D eigenvalue weighted by Gasteiger charge is 2.27. The Morgan fingerprint density at radius 2 is 1.81 bits per heavy atom. The lowest BCUT2D eigenvalue weighted by Gasteiger charge is -2.33. The van der Waals surface area contributed by atoms with Crippen LogP contribution in [0.2, 0.25) is 0 Å². The number of hydrogen-bond acceptors (Lipinski definition) is 5. The van der Waals surface area contributed by atoms with Gasteiger partial charge < -0.3 is 14.4 Å². The Labute approximate surface area is 191 Å². The largest absolute Gasteiger partial charge is 0.490 e. The molecule has 1 saturated heterocycles. The molecular weight excluding hydrogens is 429 g/mol. The Balaban J connectivity index is 1.41. The number of halogens is 1. The first-order chi connectivity index (χ1) is 15.2. The van der Waals surface area contributed by atoms with Gasteiger partial charge in [0.25, 0.3) is 0 Å². The molecule has 0 spiro atoms. The molecule has 0 radical (unpaired) electrons. The van der Waals surface area contributed by atoms with Crippen LogP contribution >= 0.6 is 11.8 Å². The maximum absolute atomic E-state index is 13.6. The molecule has 1 aromatic heterocycles. The van der Waals surface area contributed by atoms with E-state index < -0.39 is 5.60 Å². The van der Waals surface area contributed by atoms with Crippen molar-refractivity contribution in [2.45, 2.75) is 50.5 Å². The quantitative estimate of drug-likeness (QED) is 0.473. The first-order valence-corrected chi connectivity index (χ1v) is 11.9. The Morgan fingerprint density at radius 1 is 1.12 bits per heavy atom. The molecule has 4 rings (SSSR count). The molecule has 0 atom stereocenters. The van der Waals surface area contributed by atoms with E-state index in [4.69, 9.17) is 9.47 Å². The predicted molar refractivity (Wildman–Crippen MR) is 124 cm³/mol. The van der Waals surface area contributed by atoms with E-state index in [1.165, 1.54) is 23.9 Å². The fourth-order valence-corrected chi connectivity index (χ4v) is 4.34. The van der Waals surface area contributed by atoms with Crippen LogP contribution < -0.4 is 4.74 Å². The highest BCUT2D eigenvalue weighted by molar-refractivity contribution is 7.98. The number of carbonyl (C=O) groups excluding carboxylic acids is 1. The zero-order valence-corrected chi connectivity index (χ0v) is 19.6. The van der Waals surface area contributed by atoms with Crippen LogP contribution in [-0.4, -0.2) is 51.6 Å². The van der Waals surface area contributed by atoms with Crippen molar-refractivity contribution >= 4 is 28.9 Å². The SMILES string of the molecule is CSc1nc2cc(F)ccc2n1-c1ccc(OC2CCN(C(=O)OC(C)(C)C)CC2)cc1. The van der Waals surface area contributed by atoms with Crippen LogP contribution in [0.25, 0.3) is 16.7 Å². The van der Waals surface area contributed by atoms with Crippen LogP contribution in [0.15, 0.2) is 47.6 Å². The van der Waals surface area contributed by atoms with E-state index in [0.717, 1.165) is 35.0 Å². The van der Waals surface area contributed by atoms with E-state index in [-0.39, 0.29) is 18.0 Å². The number of ether oxygens (including phenoxy) is 2. The summed E-state index contributed by atoms with van der Waals surface area (Å²) in [5.41, 5.74) is 1.94. The van der Waals surface area contributed by atoms with E-state index in [1.807, 2.05) is 55.9 Å². The summed E-state index contributed by atoms with van der Waals surface area (Å²) in [6.45, 7) is 6.85. The number of rotatable bonds is 4. The van der Waals surface area contributed by atoms with E-state index >= 15 is 0 Å². The lowest BCUT2D eigenvalue weighted by atomic mass is 10.1. The van der Waals surface area contributed by atoms with Gasteiger partial charge in [-0.25, -0.2) is 14.2 Å². The monoisotopic (exact) mass is 457 g/mol. The van der Waals surface area contributed by atoms with Crippen molar-refractivity contribution in [3.8, 4) is 11.4 Å². The summed E-state index contributed by atoms with van der Waals surface area (Å²) in [6, 6.07) is 12.5. The van der Waals surface area contributed by atoms with Gasteiger partial charge >= 0.3 is 6.09 Å². The minimum absolute atomic E-state index is 0.0540. The smallest absolute Gasteiger partial charge is 0.410 e. The molecule has 0 N–H and O–H groups in total. The van der Waals surface area contributed by atoms with Crippen molar-refractivity contribution in [1.82, 2.24) is 14.5 Å². The van der Waals surface area contributed by atoms with Gasteiger partial charge in [0.05, 0.1) is 11.0 Å². The second-order valence-electron chi connectivity index (χ2n) is 8.85. The number of likely N-dealkylation sites (tertiary alicyclic amines) is 1. The van der Waals surface area contributed by atoms with Crippen molar-refractivity contribution in [3.05, 3.63) is 48.3 Å². The van der Waals surface area contributed by atoms with Crippen LogP contribution in [-0.2, 0) is 4.74 Å². The highest BCUT2D eigenvalue weighted by atomic mass is 32.2. The van der Waals surface area contributed by atoms with Crippen molar-refractivity contribution < 1.29 is 18.7 Å². The summed E-state index contributed by atoms with van der Waals surface area (Å²) in [7, 11) is 0. The van der Waals surface area contributed by atoms with E-state index in [2.05, 4.69) is 4.98 Å². The topological polar surface area (TPSA) is 56.6 Å². The van der Waals surface area contributed by atoms with Crippen molar-refractivity contribution in [2.24, 2.45) is 0 Å². The van der Waals surface area contributed by atoms with Gasteiger partial charge in [0, 0.05) is 37.7 Å². The normalized spacial score (nSPS) is 15.2. The molecule has 1 fully saturated rings. The van der Waals surface area contributed by atoms with Crippen LogP contribution in [0, 0.1) is 5.82 Å². The maximum atomic E-state index is 13.6. The number of piperidine rings is 1. The summed E-state index contributed by atoms with van der Waals surface area (Å²) in [5, 5.41) is 0.800. The van der Waals surface area contributed by atoms with Gasteiger partial charge in [-0.1, -0.05) is 11.8 Å². The van der Waals surface area contributed by atoms with E-state index in [0.29, 0.717) is 18.6 Å². The van der Waals surface area contributed by atoms with Crippen LogP contribution in [0.4, 0.5) is 9.18 Å². The third-order valence-corrected chi connectivity index (χ3v) is 5.90. The zero-order valence-electron chi connectivity index (χ0n) is 18.8. The number of nitrogens with zero attached hydrogens (tertiary/aromatic N) is 3. The summed E-state index contributed by atoms with van der Waals surface area (Å²) in [4.78, 5) is 18.5. The van der Waals surface area contributed by atoms with E-state index in [9.17, 15) is 9.18 Å². The summed E-state index contributed by atoms with van der Waals surface area (Å²) < 4.78 is 27.2. The number of hydrogen-bond donors (Lipinski definition) is 0. The number of carbonyl (C=O) groups is 1. The first kappa shape index (κ1) is 22.5. The van der Waals surface area contributed by atoms with Gasteiger partial charge in [-0.3, -0.25) is 4.57 Å². The van der Waals surface area contributed by atoms with Crippen molar-refractivity contribution in [2.75, 3.05) is 19.3 Å². The number of benzene rings is 2. The molecular formula is C24H28FN3O3S. The molecule has 0 bridgehead atoms. The van der Waals surface area contributed by atoms with Crippen LogP contribution in [0.5, 0.6) is 5.75 Å². The average molecular weight is 458 g/mol. The van der Waals surface area contributed by atoms with Crippen LogP contribution in [0.1, 0.15) is 33.6 Å². The van der Waals surface area contributed by atoms with Gasteiger partial charge in [-0.05, 0) is 63.4 Å². The third kappa shape index (κ3) is 5.01. The van der Waals surface area contributed by atoms with Gasteiger partial charge in [0.2, 0.25) is 0 Å². The van der Waals surface area contributed by atoms with Crippen LogP contribution in [0.3, 0.4) is 0 Å². The molecule has 32 heavy (non-hydrogen) atoms. The van der Waals surface area contributed by atoms with Crippen molar-refractivity contribution in [1.29, 1.82) is 0 Å². The molecule has 8 heteroatoms. The van der Waals surface area contributed by atoms with Crippen molar-refractivity contribution in [3.63, 3.8) is 0 Å². The molecule has 0 saturated carbocycles. The average Bonchev–Trinajstić information content (AvgIpc) is 3.11. The highest BCUT2D eigenvalue weighted by Crippen LogP contribution is 2.29. The summed E-state index contributed by atoms with van der Waals surface area (Å²) in [5.74, 6) is 0.488. The van der Waals surface area contributed by atoms with Gasteiger partial charge in [0.15, 0.2) is 5.16 Å². The fraction of sp³-hybridized carbons (Fsp3) is 0.417. The standard InChI is InChI=1S/C24H28FN3O3S/c1-24(2,3)31-23(29)27-13-11-19(12-14-27)30-18-8-6-17(7-9-18)28-21-10-5-16(25)15-20(21)26-22(28)32-4/h5-10,15,19H,11-14H2,1-4H3. The Morgan fingerprint density at radius 3 is 2.44 bits per heavy atom. The molecule has 2 heterocycles. The molecule has 2 aromatic carbocycles. The molecule has 0 aliphatic carbocycles. The number of thioether (sulfide) groups is 1. The molecule has 6 nitrogen and oxygen atoms in total. The number of aromatic nitrogens is 2. The third-order valence-electron chi connectivity index (χ3n) is 5.26. The Hall–Kier alpha value is -2.74. The molecule has 0 unspecified atom stereocenters. The minimum atomic E-state index is -0.489. The molecule has 3 aromatic rings. The second kappa shape index (κ2) is 9.02. The maximum Gasteiger partial charge on any atom is 0.410 e. The number of amides is 1. The predicted octanol–water partition coefficient (Wildman–Crippen LogP) is 5.66.